The molecular formula is C44H46ClN3O4. The van der Waals surface area contributed by atoms with Crippen LogP contribution in [0, 0.1) is 20.8 Å². The summed E-state index contributed by atoms with van der Waals surface area (Å²) in [5, 5.41) is 0.455. The number of piperazine rings is 1. The molecule has 1 saturated heterocycles. The zero-order valence-corrected chi connectivity index (χ0v) is 31.2. The van der Waals surface area contributed by atoms with Crippen LogP contribution in [0.25, 0.3) is 5.70 Å². The van der Waals surface area contributed by atoms with E-state index in [-0.39, 0.29) is 0 Å². The van der Waals surface area contributed by atoms with Gasteiger partial charge in [0.05, 0.1) is 23.5 Å². The number of hydrogen-bond donors (Lipinski definition) is 0. The summed E-state index contributed by atoms with van der Waals surface area (Å²) in [5.74, 6) is 2.50. The number of nitrogens with zero attached hydrogens (tertiary/aromatic N) is 3. The van der Waals surface area contributed by atoms with Gasteiger partial charge in [-0.3, -0.25) is 9.69 Å². The Hall–Kier alpha value is -5.11. The number of carbonyl (C=O) groups is 1. The van der Waals surface area contributed by atoms with E-state index in [1.807, 2.05) is 44.2 Å². The third-order valence-corrected chi connectivity index (χ3v) is 9.57. The summed E-state index contributed by atoms with van der Waals surface area (Å²) in [4.78, 5) is 21.3. The number of allylic oxidation sites excluding steroid dienone is 1. The van der Waals surface area contributed by atoms with Crippen molar-refractivity contribution in [2.24, 2.45) is 0 Å². The van der Waals surface area contributed by atoms with Crippen molar-refractivity contribution in [2.45, 2.75) is 47.3 Å². The second-order valence-electron chi connectivity index (χ2n) is 13.5. The Morgan fingerprint density at radius 1 is 0.769 bits per heavy atom. The first-order valence-electron chi connectivity index (χ1n) is 17.8. The van der Waals surface area contributed by atoms with Crippen LogP contribution < -0.4 is 14.2 Å². The minimum Gasteiger partial charge on any atom is -0.493 e. The van der Waals surface area contributed by atoms with Crippen molar-refractivity contribution < 1.29 is 19.0 Å². The molecule has 1 aromatic heterocycles. The quantitative estimate of drug-likeness (QED) is 0.0839. The number of ether oxygens (including phenoxy) is 3. The molecule has 2 heterocycles. The van der Waals surface area contributed by atoms with Crippen molar-refractivity contribution in [3.8, 4) is 23.1 Å². The second-order valence-corrected chi connectivity index (χ2v) is 13.9. The Morgan fingerprint density at radius 3 is 2.04 bits per heavy atom. The summed E-state index contributed by atoms with van der Waals surface area (Å²) in [6.07, 6.45) is 3.44. The van der Waals surface area contributed by atoms with Gasteiger partial charge in [-0.1, -0.05) is 83.4 Å². The van der Waals surface area contributed by atoms with E-state index in [0.29, 0.717) is 41.2 Å². The summed E-state index contributed by atoms with van der Waals surface area (Å²) in [6.45, 7) is 13.3. The van der Waals surface area contributed by atoms with Gasteiger partial charge in [-0.2, -0.15) is 0 Å². The number of pyridine rings is 1. The van der Waals surface area contributed by atoms with Gasteiger partial charge >= 0.3 is 0 Å². The minimum atomic E-state index is 0.415. The summed E-state index contributed by atoms with van der Waals surface area (Å²) >= 11 is 6.84. The zero-order chi connectivity index (χ0) is 36.5. The maximum Gasteiger partial charge on any atom is 0.219 e. The van der Waals surface area contributed by atoms with Gasteiger partial charge in [0.15, 0.2) is 5.75 Å². The SMILES string of the molecule is C/C(C=O)=C(/c1cc(C)c(Oc2ccc(OCc3ccc(C)cc3)cn2)c(Cl)c1)N1CCN(Cc2ccc(CCOc3ccc(C)cc3)cc2)CC1. The first kappa shape index (κ1) is 36.7. The van der Waals surface area contributed by atoms with Gasteiger partial charge in [0.25, 0.3) is 0 Å². The summed E-state index contributed by atoms with van der Waals surface area (Å²) < 4.78 is 18.0. The lowest BCUT2D eigenvalue weighted by molar-refractivity contribution is -0.104. The molecule has 0 spiro atoms. The molecule has 7 nitrogen and oxygen atoms in total. The van der Waals surface area contributed by atoms with Crippen molar-refractivity contribution in [2.75, 3.05) is 32.8 Å². The molecule has 1 fully saturated rings. The maximum absolute atomic E-state index is 12.1. The van der Waals surface area contributed by atoms with Gasteiger partial charge in [-0.05, 0) is 80.3 Å². The third kappa shape index (κ3) is 9.81. The molecule has 268 valence electrons. The van der Waals surface area contributed by atoms with E-state index in [4.69, 9.17) is 25.8 Å². The van der Waals surface area contributed by atoms with E-state index < -0.39 is 0 Å². The van der Waals surface area contributed by atoms with E-state index in [0.717, 1.165) is 73.6 Å². The number of aryl methyl sites for hydroxylation is 3. The number of aldehydes is 1. The minimum absolute atomic E-state index is 0.415. The van der Waals surface area contributed by atoms with E-state index >= 15 is 0 Å². The van der Waals surface area contributed by atoms with Crippen LogP contribution in [0.15, 0.2) is 109 Å². The first-order valence-corrected chi connectivity index (χ1v) is 18.2. The maximum atomic E-state index is 12.1. The lowest BCUT2D eigenvalue weighted by Crippen LogP contribution is -2.45. The zero-order valence-electron chi connectivity index (χ0n) is 30.4. The molecule has 0 amide bonds. The van der Waals surface area contributed by atoms with Gasteiger partial charge in [0.2, 0.25) is 5.88 Å². The fourth-order valence-corrected chi connectivity index (χ4v) is 6.61. The smallest absolute Gasteiger partial charge is 0.219 e. The Balaban J connectivity index is 1.02. The molecule has 0 bridgehead atoms. The molecule has 1 aliphatic rings. The Bertz CT molecular complexity index is 1940. The van der Waals surface area contributed by atoms with Crippen LogP contribution in [-0.2, 0) is 24.4 Å². The van der Waals surface area contributed by atoms with E-state index in [2.05, 4.69) is 89.3 Å². The van der Waals surface area contributed by atoms with Crippen LogP contribution in [0.5, 0.6) is 23.1 Å². The molecule has 0 N–H and O–H groups in total. The van der Waals surface area contributed by atoms with Crippen LogP contribution in [-0.4, -0.2) is 53.9 Å². The van der Waals surface area contributed by atoms with Crippen molar-refractivity contribution in [1.82, 2.24) is 14.8 Å². The van der Waals surface area contributed by atoms with Crippen molar-refractivity contribution in [3.63, 3.8) is 0 Å². The number of benzene rings is 4. The molecule has 0 aliphatic carbocycles. The molecule has 0 atom stereocenters. The number of hydrogen-bond acceptors (Lipinski definition) is 7. The molecule has 0 unspecified atom stereocenters. The predicted octanol–water partition coefficient (Wildman–Crippen LogP) is 9.40. The van der Waals surface area contributed by atoms with Gasteiger partial charge in [0, 0.05) is 56.3 Å². The van der Waals surface area contributed by atoms with Crippen LogP contribution >= 0.6 is 11.6 Å². The highest BCUT2D eigenvalue weighted by Gasteiger charge is 2.23. The van der Waals surface area contributed by atoms with Crippen LogP contribution in [0.2, 0.25) is 5.02 Å². The van der Waals surface area contributed by atoms with Crippen LogP contribution in [0.1, 0.15) is 45.9 Å². The standard InChI is InChI=1S/C44H46ClN3O4/c1-31-5-9-37(10-6-31)30-51-40-17-18-42(46-27-40)52-44-33(3)25-38(26-41(44)45)43(34(4)29-49)48-22-20-47(21-23-48)28-36-13-11-35(12-14-36)19-24-50-39-15-7-32(2)8-16-39/h5-18,25-27,29H,19-24,28,30H2,1-4H3/b43-34+. The predicted molar refractivity (Wildman–Crippen MR) is 208 cm³/mol. The van der Waals surface area contributed by atoms with E-state index in [1.165, 1.54) is 22.3 Å². The summed E-state index contributed by atoms with van der Waals surface area (Å²) in [7, 11) is 0. The lowest BCUT2D eigenvalue weighted by atomic mass is 10.0. The largest absolute Gasteiger partial charge is 0.493 e. The first-order chi connectivity index (χ1) is 25.2. The number of aromatic nitrogens is 1. The average Bonchev–Trinajstić information content (AvgIpc) is 3.15. The molecule has 8 heteroatoms. The highest BCUT2D eigenvalue weighted by atomic mass is 35.5. The highest BCUT2D eigenvalue weighted by molar-refractivity contribution is 6.32. The van der Waals surface area contributed by atoms with Gasteiger partial charge in [-0.15, -0.1) is 0 Å². The van der Waals surface area contributed by atoms with Crippen molar-refractivity contribution in [1.29, 1.82) is 0 Å². The average molecular weight is 716 g/mol. The fourth-order valence-electron chi connectivity index (χ4n) is 6.30. The normalized spacial score (nSPS) is 13.8. The van der Waals surface area contributed by atoms with Crippen molar-refractivity contribution >= 4 is 23.6 Å². The van der Waals surface area contributed by atoms with E-state index in [1.54, 1.807) is 12.3 Å². The summed E-state index contributed by atoms with van der Waals surface area (Å²) in [5.41, 5.74) is 9.39. The highest BCUT2D eigenvalue weighted by Crippen LogP contribution is 2.37. The molecule has 1 aliphatic heterocycles. The van der Waals surface area contributed by atoms with Gasteiger partial charge < -0.3 is 19.1 Å². The Kier molecular flexibility index (Phi) is 12.3. The third-order valence-electron chi connectivity index (χ3n) is 9.29. The monoisotopic (exact) mass is 715 g/mol. The van der Waals surface area contributed by atoms with Crippen LogP contribution in [0.3, 0.4) is 0 Å². The van der Waals surface area contributed by atoms with Gasteiger partial charge in [-0.25, -0.2) is 4.98 Å². The molecule has 52 heavy (non-hydrogen) atoms. The van der Waals surface area contributed by atoms with Crippen molar-refractivity contribution in [3.05, 3.63) is 153 Å². The number of halogens is 1. The lowest BCUT2D eigenvalue weighted by Gasteiger charge is -2.38. The fraction of sp³-hybridized carbons (Fsp3) is 0.273. The van der Waals surface area contributed by atoms with Crippen LogP contribution in [0.4, 0.5) is 0 Å². The number of carbonyl (C=O) groups excluding carboxylic acids is 1. The Labute approximate surface area is 312 Å². The second kappa shape index (κ2) is 17.4. The molecular weight excluding hydrogens is 670 g/mol. The molecule has 6 rings (SSSR count). The number of rotatable bonds is 14. The molecule has 5 aromatic rings. The molecule has 4 aromatic carbocycles. The van der Waals surface area contributed by atoms with Gasteiger partial charge in [0.1, 0.15) is 24.4 Å². The topological polar surface area (TPSA) is 64.1 Å². The molecule has 0 radical (unpaired) electrons. The molecule has 0 saturated carbocycles. The van der Waals surface area contributed by atoms with E-state index in [9.17, 15) is 4.79 Å². The summed E-state index contributed by atoms with van der Waals surface area (Å²) in [6, 6.07) is 32.8. The Morgan fingerprint density at radius 2 is 1.40 bits per heavy atom.